The molecule has 1 saturated carbocycles. The first-order valence-corrected chi connectivity index (χ1v) is 3.88. The van der Waals surface area contributed by atoms with Crippen molar-refractivity contribution >= 4 is 0 Å². The average molecular weight is 128 g/mol. The van der Waals surface area contributed by atoms with E-state index in [1.807, 2.05) is 7.11 Å². The molecule has 0 N–H and O–H groups in total. The van der Waals surface area contributed by atoms with Gasteiger partial charge >= 0.3 is 0 Å². The van der Waals surface area contributed by atoms with Gasteiger partial charge in [-0.15, -0.1) is 0 Å². The highest BCUT2D eigenvalue weighted by Gasteiger charge is 2.41. The molecule has 0 amide bonds. The minimum atomic E-state index is 0.343. The van der Waals surface area contributed by atoms with Crippen molar-refractivity contribution < 1.29 is 4.74 Å². The molecule has 0 aromatic rings. The van der Waals surface area contributed by atoms with Crippen LogP contribution in [0.4, 0.5) is 0 Å². The lowest BCUT2D eigenvalue weighted by atomic mass is 10.1. The number of hydrogen-bond acceptors (Lipinski definition) is 1. The van der Waals surface area contributed by atoms with E-state index in [0.29, 0.717) is 5.60 Å². The number of rotatable bonds is 4. The first-order valence-electron chi connectivity index (χ1n) is 3.88. The summed E-state index contributed by atoms with van der Waals surface area (Å²) in [6, 6.07) is 0. The van der Waals surface area contributed by atoms with E-state index in [9.17, 15) is 0 Å². The first kappa shape index (κ1) is 7.07. The lowest BCUT2D eigenvalue weighted by Gasteiger charge is -2.10. The van der Waals surface area contributed by atoms with Crippen LogP contribution >= 0.6 is 0 Å². The highest BCUT2D eigenvalue weighted by Crippen LogP contribution is 2.43. The summed E-state index contributed by atoms with van der Waals surface area (Å²) < 4.78 is 5.35. The third-order valence-corrected chi connectivity index (χ3v) is 2.23. The molecule has 0 saturated heterocycles. The molecule has 1 heteroatoms. The van der Waals surface area contributed by atoms with Crippen LogP contribution in [0.25, 0.3) is 0 Å². The third kappa shape index (κ3) is 1.68. The van der Waals surface area contributed by atoms with E-state index in [-0.39, 0.29) is 0 Å². The molecular weight excluding hydrogens is 112 g/mol. The Bertz CT molecular complexity index is 84.6. The highest BCUT2D eigenvalue weighted by molar-refractivity contribution is 4.94. The van der Waals surface area contributed by atoms with Gasteiger partial charge in [0.1, 0.15) is 0 Å². The van der Waals surface area contributed by atoms with Gasteiger partial charge in [0.2, 0.25) is 0 Å². The molecule has 0 aromatic carbocycles. The van der Waals surface area contributed by atoms with E-state index >= 15 is 0 Å². The summed E-state index contributed by atoms with van der Waals surface area (Å²) in [5, 5.41) is 0. The van der Waals surface area contributed by atoms with Crippen LogP contribution in [0.5, 0.6) is 0 Å². The van der Waals surface area contributed by atoms with E-state index in [1.54, 1.807) is 0 Å². The largest absolute Gasteiger partial charge is 0.378 e. The molecule has 0 bridgehead atoms. The Morgan fingerprint density at radius 2 is 2.11 bits per heavy atom. The van der Waals surface area contributed by atoms with Crippen molar-refractivity contribution in [3.63, 3.8) is 0 Å². The molecular formula is C8H16O. The van der Waals surface area contributed by atoms with Gasteiger partial charge in [0.15, 0.2) is 0 Å². The minimum Gasteiger partial charge on any atom is -0.378 e. The SMILES string of the molecule is CCCCC1(OC)CC1. The van der Waals surface area contributed by atoms with Gasteiger partial charge in [-0.2, -0.15) is 0 Å². The Labute approximate surface area is 57.4 Å². The zero-order valence-electron chi connectivity index (χ0n) is 6.44. The Morgan fingerprint density at radius 3 is 2.44 bits per heavy atom. The van der Waals surface area contributed by atoms with Crippen molar-refractivity contribution in [2.75, 3.05) is 7.11 Å². The third-order valence-electron chi connectivity index (χ3n) is 2.23. The summed E-state index contributed by atoms with van der Waals surface area (Å²) in [6.45, 7) is 2.23. The van der Waals surface area contributed by atoms with E-state index in [4.69, 9.17) is 4.74 Å². The lowest BCUT2D eigenvalue weighted by molar-refractivity contribution is 0.0709. The van der Waals surface area contributed by atoms with E-state index in [1.165, 1.54) is 32.1 Å². The molecule has 0 atom stereocenters. The fourth-order valence-electron chi connectivity index (χ4n) is 1.19. The van der Waals surface area contributed by atoms with Crippen LogP contribution in [-0.4, -0.2) is 12.7 Å². The van der Waals surface area contributed by atoms with Gasteiger partial charge in [-0.3, -0.25) is 0 Å². The van der Waals surface area contributed by atoms with Crippen molar-refractivity contribution in [1.29, 1.82) is 0 Å². The molecule has 1 aliphatic rings. The minimum absolute atomic E-state index is 0.343. The van der Waals surface area contributed by atoms with Crippen LogP contribution in [0, 0.1) is 0 Å². The maximum Gasteiger partial charge on any atom is 0.0681 e. The smallest absolute Gasteiger partial charge is 0.0681 e. The number of hydrogen-bond donors (Lipinski definition) is 0. The zero-order valence-corrected chi connectivity index (χ0v) is 6.44. The maximum absolute atomic E-state index is 5.35. The molecule has 1 rings (SSSR count). The normalized spacial score (nSPS) is 22.0. The van der Waals surface area contributed by atoms with E-state index in [2.05, 4.69) is 6.92 Å². The Kier molecular flexibility index (Phi) is 2.12. The Morgan fingerprint density at radius 1 is 1.44 bits per heavy atom. The molecule has 0 aromatic heterocycles. The van der Waals surface area contributed by atoms with Crippen molar-refractivity contribution in [2.45, 2.75) is 44.6 Å². The van der Waals surface area contributed by atoms with Crippen LogP contribution in [0.15, 0.2) is 0 Å². The second-order valence-corrected chi connectivity index (χ2v) is 2.99. The second kappa shape index (κ2) is 2.70. The fraction of sp³-hybridized carbons (Fsp3) is 1.00. The predicted molar refractivity (Wildman–Crippen MR) is 38.5 cm³/mol. The molecule has 1 fully saturated rings. The van der Waals surface area contributed by atoms with Crippen molar-refractivity contribution in [3.05, 3.63) is 0 Å². The standard InChI is InChI=1S/C8H16O/c1-3-4-5-8(9-2)6-7-8/h3-7H2,1-2H3. The molecule has 0 spiro atoms. The van der Waals surface area contributed by atoms with Gasteiger partial charge < -0.3 is 4.74 Å². The fourth-order valence-corrected chi connectivity index (χ4v) is 1.19. The van der Waals surface area contributed by atoms with Crippen molar-refractivity contribution in [2.24, 2.45) is 0 Å². The van der Waals surface area contributed by atoms with Crippen LogP contribution in [0.3, 0.4) is 0 Å². The molecule has 1 aliphatic carbocycles. The monoisotopic (exact) mass is 128 g/mol. The zero-order chi connectivity index (χ0) is 6.74. The predicted octanol–water partition coefficient (Wildman–Crippen LogP) is 2.36. The summed E-state index contributed by atoms with van der Waals surface area (Å²) in [4.78, 5) is 0. The number of methoxy groups -OCH3 is 1. The molecule has 0 unspecified atom stereocenters. The van der Waals surface area contributed by atoms with Crippen LogP contribution in [0.1, 0.15) is 39.0 Å². The lowest BCUT2D eigenvalue weighted by Crippen LogP contribution is -2.10. The molecule has 0 aliphatic heterocycles. The first-order chi connectivity index (χ1) is 4.33. The molecule has 0 radical (unpaired) electrons. The van der Waals surface area contributed by atoms with Crippen molar-refractivity contribution in [3.8, 4) is 0 Å². The van der Waals surface area contributed by atoms with Gasteiger partial charge in [-0.05, 0) is 19.3 Å². The Hall–Kier alpha value is -0.0400. The van der Waals surface area contributed by atoms with Crippen LogP contribution < -0.4 is 0 Å². The average Bonchev–Trinajstić information content (AvgIpc) is 2.65. The summed E-state index contributed by atoms with van der Waals surface area (Å²) in [7, 11) is 1.84. The number of unbranched alkanes of at least 4 members (excludes halogenated alkanes) is 1. The van der Waals surface area contributed by atoms with Gasteiger partial charge in [0, 0.05) is 7.11 Å². The summed E-state index contributed by atoms with van der Waals surface area (Å²) in [5.74, 6) is 0. The van der Waals surface area contributed by atoms with Crippen LogP contribution in [0.2, 0.25) is 0 Å². The van der Waals surface area contributed by atoms with Gasteiger partial charge in [0.25, 0.3) is 0 Å². The second-order valence-electron chi connectivity index (χ2n) is 2.99. The molecule has 9 heavy (non-hydrogen) atoms. The topological polar surface area (TPSA) is 9.23 Å². The summed E-state index contributed by atoms with van der Waals surface area (Å²) in [6.07, 6.45) is 6.49. The maximum atomic E-state index is 5.35. The van der Waals surface area contributed by atoms with Gasteiger partial charge in [0.05, 0.1) is 5.60 Å². The summed E-state index contributed by atoms with van der Waals surface area (Å²) in [5.41, 5.74) is 0.343. The Balaban J connectivity index is 2.10. The molecule has 0 heterocycles. The van der Waals surface area contributed by atoms with Gasteiger partial charge in [-0.1, -0.05) is 19.8 Å². The molecule has 54 valence electrons. The number of ether oxygens (including phenoxy) is 1. The van der Waals surface area contributed by atoms with Gasteiger partial charge in [-0.25, -0.2) is 0 Å². The quantitative estimate of drug-likeness (QED) is 0.564. The molecule has 1 nitrogen and oxygen atoms in total. The van der Waals surface area contributed by atoms with E-state index < -0.39 is 0 Å². The van der Waals surface area contributed by atoms with E-state index in [0.717, 1.165) is 0 Å². The highest BCUT2D eigenvalue weighted by atomic mass is 16.5. The summed E-state index contributed by atoms with van der Waals surface area (Å²) >= 11 is 0. The van der Waals surface area contributed by atoms with Crippen molar-refractivity contribution in [1.82, 2.24) is 0 Å². The van der Waals surface area contributed by atoms with Crippen LogP contribution in [-0.2, 0) is 4.74 Å².